The first kappa shape index (κ1) is 20.0. The summed E-state index contributed by atoms with van der Waals surface area (Å²) in [6.45, 7) is 1.78. The molecule has 1 aliphatic heterocycles. The van der Waals surface area contributed by atoms with E-state index in [0.717, 1.165) is 24.2 Å². The number of ether oxygens (including phenoxy) is 4. The first-order valence-corrected chi connectivity index (χ1v) is 9.42. The van der Waals surface area contributed by atoms with Crippen molar-refractivity contribution in [2.45, 2.75) is 18.3 Å². The molecule has 0 unspecified atom stereocenters. The fourth-order valence-corrected chi connectivity index (χ4v) is 3.54. The van der Waals surface area contributed by atoms with Gasteiger partial charge in [0, 0.05) is 36.8 Å². The smallest absolute Gasteiger partial charge is 0.257 e. The highest BCUT2D eigenvalue weighted by Gasteiger charge is 2.37. The summed E-state index contributed by atoms with van der Waals surface area (Å²) in [6, 6.07) is 15.2. The summed E-state index contributed by atoms with van der Waals surface area (Å²) in [6.07, 6.45) is 1.65. The minimum absolute atomic E-state index is 0.0499. The highest BCUT2D eigenvalue weighted by molar-refractivity contribution is 5.77. The Morgan fingerprint density at radius 1 is 1.04 bits per heavy atom. The zero-order valence-electron chi connectivity index (χ0n) is 16.4. The number of methoxy groups -OCH3 is 2. The average molecular weight is 385 g/mol. The molecule has 28 heavy (non-hydrogen) atoms. The number of rotatable bonds is 8. The summed E-state index contributed by atoms with van der Waals surface area (Å²) in [5.74, 6) is 1.96. The molecular formula is C22H27NO5. The minimum atomic E-state index is -0.212. The highest BCUT2D eigenvalue weighted by Crippen LogP contribution is 2.39. The van der Waals surface area contributed by atoms with Gasteiger partial charge in [0.05, 0.1) is 14.2 Å². The topological polar surface area (TPSA) is 66.0 Å². The standard InChI is InChI=1S/C22H27NO5/c1-25-17-6-5-7-18(14-17)28-15-21(24)23-16-22(10-12-27-13-11-22)19-8-3-4-9-20(19)26-2/h3-9,14H,10-13,15-16H2,1-2H3,(H,23,24). The second kappa shape index (κ2) is 9.46. The highest BCUT2D eigenvalue weighted by atomic mass is 16.5. The Morgan fingerprint density at radius 3 is 2.54 bits per heavy atom. The van der Waals surface area contributed by atoms with E-state index in [1.165, 1.54) is 0 Å². The van der Waals surface area contributed by atoms with Crippen LogP contribution in [-0.4, -0.2) is 46.5 Å². The largest absolute Gasteiger partial charge is 0.497 e. The van der Waals surface area contributed by atoms with Gasteiger partial charge in [-0.2, -0.15) is 0 Å². The summed E-state index contributed by atoms with van der Waals surface area (Å²) < 4.78 is 21.9. The Hall–Kier alpha value is -2.73. The Labute approximate surface area is 165 Å². The summed E-state index contributed by atoms with van der Waals surface area (Å²) in [5, 5.41) is 3.04. The number of nitrogens with one attached hydrogen (secondary N) is 1. The van der Waals surface area contributed by atoms with Crippen LogP contribution in [0.4, 0.5) is 0 Å². The third-order valence-corrected chi connectivity index (χ3v) is 5.16. The number of hydrogen-bond donors (Lipinski definition) is 1. The van der Waals surface area contributed by atoms with Crippen LogP contribution in [0.5, 0.6) is 17.2 Å². The monoisotopic (exact) mass is 385 g/mol. The molecule has 3 rings (SSSR count). The zero-order valence-corrected chi connectivity index (χ0v) is 16.4. The predicted octanol–water partition coefficient (Wildman–Crippen LogP) is 2.95. The molecule has 0 spiro atoms. The van der Waals surface area contributed by atoms with Gasteiger partial charge in [-0.3, -0.25) is 4.79 Å². The summed E-state index contributed by atoms with van der Waals surface area (Å²) in [5.41, 5.74) is 0.894. The van der Waals surface area contributed by atoms with E-state index in [0.29, 0.717) is 31.3 Å². The van der Waals surface area contributed by atoms with Crippen LogP contribution in [-0.2, 0) is 14.9 Å². The van der Waals surface area contributed by atoms with E-state index in [4.69, 9.17) is 18.9 Å². The van der Waals surface area contributed by atoms with Gasteiger partial charge >= 0.3 is 0 Å². The van der Waals surface area contributed by atoms with E-state index < -0.39 is 0 Å². The first-order valence-electron chi connectivity index (χ1n) is 9.42. The Bertz CT molecular complexity index is 786. The lowest BCUT2D eigenvalue weighted by Crippen LogP contribution is -2.45. The predicted molar refractivity (Wildman–Crippen MR) is 106 cm³/mol. The van der Waals surface area contributed by atoms with Gasteiger partial charge in [-0.25, -0.2) is 0 Å². The lowest BCUT2D eigenvalue weighted by Gasteiger charge is -2.38. The van der Waals surface area contributed by atoms with Gasteiger partial charge in [0.1, 0.15) is 17.2 Å². The maximum atomic E-state index is 12.4. The molecule has 1 saturated heterocycles. The number of hydrogen-bond acceptors (Lipinski definition) is 5. The minimum Gasteiger partial charge on any atom is -0.497 e. The third-order valence-electron chi connectivity index (χ3n) is 5.16. The Kier molecular flexibility index (Phi) is 6.76. The average Bonchev–Trinajstić information content (AvgIpc) is 2.77. The van der Waals surface area contributed by atoms with Crippen molar-refractivity contribution in [3.05, 3.63) is 54.1 Å². The van der Waals surface area contributed by atoms with Crippen LogP contribution in [0.2, 0.25) is 0 Å². The lowest BCUT2D eigenvalue weighted by atomic mass is 9.73. The van der Waals surface area contributed by atoms with Gasteiger partial charge in [0.2, 0.25) is 0 Å². The van der Waals surface area contributed by atoms with E-state index in [-0.39, 0.29) is 17.9 Å². The van der Waals surface area contributed by atoms with Crippen LogP contribution in [0.1, 0.15) is 18.4 Å². The maximum absolute atomic E-state index is 12.4. The summed E-state index contributed by atoms with van der Waals surface area (Å²) in [7, 11) is 3.27. The fraction of sp³-hybridized carbons (Fsp3) is 0.409. The zero-order chi connectivity index (χ0) is 19.8. The molecule has 6 heteroatoms. The van der Waals surface area contributed by atoms with E-state index in [1.807, 2.05) is 30.3 Å². The normalized spacial score (nSPS) is 15.5. The number of carbonyl (C=O) groups is 1. The number of benzene rings is 2. The molecule has 6 nitrogen and oxygen atoms in total. The van der Waals surface area contributed by atoms with Crippen LogP contribution < -0.4 is 19.5 Å². The SMILES string of the molecule is COc1cccc(OCC(=O)NCC2(c3ccccc3OC)CCOCC2)c1. The van der Waals surface area contributed by atoms with Crippen LogP contribution in [0.25, 0.3) is 0 Å². The van der Waals surface area contributed by atoms with E-state index in [2.05, 4.69) is 11.4 Å². The molecule has 0 saturated carbocycles. The van der Waals surface area contributed by atoms with Crippen molar-refractivity contribution in [1.82, 2.24) is 5.32 Å². The molecule has 0 bridgehead atoms. The molecule has 1 fully saturated rings. The van der Waals surface area contributed by atoms with E-state index >= 15 is 0 Å². The van der Waals surface area contributed by atoms with Crippen molar-refractivity contribution >= 4 is 5.91 Å². The number of carbonyl (C=O) groups excluding carboxylic acids is 1. The molecule has 0 radical (unpaired) electrons. The van der Waals surface area contributed by atoms with Crippen molar-refractivity contribution in [2.75, 3.05) is 40.6 Å². The second-order valence-corrected chi connectivity index (χ2v) is 6.84. The van der Waals surface area contributed by atoms with Crippen molar-refractivity contribution < 1.29 is 23.7 Å². The molecule has 1 amide bonds. The molecule has 1 aliphatic rings. The van der Waals surface area contributed by atoms with Crippen LogP contribution in [0.15, 0.2) is 48.5 Å². The Balaban J connectivity index is 1.64. The first-order chi connectivity index (χ1) is 13.7. The molecule has 1 N–H and O–H groups in total. The van der Waals surface area contributed by atoms with Gasteiger partial charge in [0.15, 0.2) is 6.61 Å². The van der Waals surface area contributed by atoms with Gasteiger partial charge in [0.25, 0.3) is 5.91 Å². The van der Waals surface area contributed by atoms with Crippen LogP contribution >= 0.6 is 0 Å². The number of para-hydroxylation sites is 1. The van der Waals surface area contributed by atoms with Crippen molar-refractivity contribution in [1.29, 1.82) is 0 Å². The van der Waals surface area contributed by atoms with Crippen LogP contribution in [0.3, 0.4) is 0 Å². The molecule has 0 aliphatic carbocycles. The molecule has 2 aromatic rings. The maximum Gasteiger partial charge on any atom is 0.257 e. The molecule has 2 aromatic carbocycles. The molecular weight excluding hydrogens is 358 g/mol. The van der Waals surface area contributed by atoms with Gasteiger partial charge < -0.3 is 24.3 Å². The Morgan fingerprint density at radius 2 is 1.79 bits per heavy atom. The lowest BCUT2D eigenvalue weighted by molar-refractivity contribution is -0.123. The molecule has 0 aromatic heterocycles. The second-order valence-electron chi connectivity index (χ2n) is 6.84. The molecule has 0 atom stereocenters. The van der Waals surface area contributed by atoms with Gasteiger partial charge in [-0.1, -0.05) is 24.3 Å². The summed E-state index contributed by atoms with van der Waals surface area (Å²) >= 11 is 0. The van der Waals surface area contributed by atoms with Crippen molar-refractivity contribution in [2.24, 2.45) is 0 Å². The van der Waals surface area contributed by atoms with E-state index in [1.54, 1.807) is 26.4 Å². The van der Waals surface area contributed by atoms with Crippen molar-refractivity contribution in [3.8, 4) is 17.2 Å². The molecule has 150 valence electrons. The quantitative estimate of drug-likeness (QED) is 0.757. The fourth-order valence-electron chi connectivity index (χ4n) is 3.54. The molecule has 1 heterocycles. The van der Waals surface area contributed by atoms with Crippen LogP contribution in [0, 0.1) is 0 Å². The van der Waals surface area contributed by atoms with Gasteiger partial charge in [-0.05, 0) is 31.0 Å². The summed E-state index contributed by atoms with van der Waals surface area (Å²) in [4.78, 5) is 12.4. The van der Waals surface area contributed by atoms with Crippen molar-refractivity contribution in [3.63, 3.8) is 0 Å². The van der Waals surface area contributed by atoms with E-state index in [9.17, 15) is 4.79 Å². The van der Waals surface area contributed by atoms with Gasteiger partial charge in [-0.15, -0.1) is 0 Å². The third kappa shape index (κ3) is 4.75. The number of amides is 1.